The molecule has 1 aromatic rings. The lowest BCUT2D eigenvalue weighted by molar-refractivity contribution is -0.122. The van der Waals surface area contributed by atoms with Gasteiger partial charge in [-0.1, -0.05) is 15.9 Å². The second-order valence-electron chi connectivity index (χ2n) is 3.36. The monoisotopic (exact) mass is 330 g/mol. The van der Waals surface area contributed by atoms with Crippen molar-refractivity contribution in [2.75, 3.05) is 13.7 Å². The van der Waals surface area contributed by atoms with E-state index in [1.807, 2.05) is 5.32 Å². The quantitative estimate of drug-likeness (QED) is 0.763. The number of amides is 3. The Bertz CT molecular complexity index is 518. The Morgan fingerprint density at radius 2 is 2.05 bits per heavy atom. The van der Waals surface area contributed by atoms with Crippen molar-refractivity contribution < 1.29 is 24.2 Å². The minimum Gasteiger partial charge on any atom is -0.483 e. The number of aromatic carboxylic acids is 1. The Kier molecular flexibility index (Phi) is 5.31. The van der Waals surface area contributed by atoms with E-state index in [0.29, 0.717) is 4.47 Å². The molecule has 7 nitrogen and oxygen atoms in total. The maximum Gasteiger partial charge on any atom is 0.339 e. The van der Waals surface area contributed by atoms with Gasteiger partial charge in [0, 0.05) is 11.5 Å². The molecule has 0 saturated heterocycles. The van der Waals surface area contributed by atoms with Crippen LogP contribution in [-0.4, -0.2) is 36.7 Å². The third kappa shape index (κ3) is 4.59. The predicted molar refractivity (Wildman–Crippen MR) is 69.2 cm³/mol. The van der Waals surface area contributed by atoms with E-state index in [0.717, 1.165) is 0 Å². The molecule has 0 aliphatic carbocycles. The first-order chi connectivity index (χ1) is 8.93. The third-order valence-electron chi connectivity index (χ3n) is 2.01. The molecule has 3 N–H and O–H groups in total. The van der Waals surface area contributed by atoms with E-state index in [2.05, 4.69) is 21.2 Å². The summed E-state index contributed by atoms with van der Waals surface area (Å²) in [5, 5.41) is 13.2. The molecule has 19 heavy (non-hydrogen) atoms. The van der Waals surface area contributed by atoms with Gasteiger partial charge < -0.3 is 15.2 Å². The van der Waals surface area contributed by atoms with E-state index >= 15 is 0 Å². The summed E-state index contributed by atoms with van der Waals surface area (Å²) in [6, 6.07) is 3.69. The lowest BCUT2D eigenvalue weighted by atomic mass is 10.2. The molecule has 0 heterocycles. The number of nitrogens with one attached hydrogen (secondary N) is 2. The fraction of sp³-hybridized carbons (Fsp3) is 0.182. The average Bonchev–Trinajstić information content (AvgIpc) is 2.36. The fourth-order valence-electron chi connectivity index (χ4n) is 1.16. The molecule has 0 bridgehead atoms. The number of carboxylic acid groups (broad SMARTS) is 1. The van der Waals surface area contributed by atoms with Crippen molar-refractivity contribution in [2.45, 2.75) is 0 Å². The van der Waals surface area contributed by atoms with Crippen LogP contribution in [0.5, 0.6) is 5.75 Å². The number of hydrogen-bond donors (Lipinski definition) is 3. The largest absolute Gasteiger partial charge is 0.483 e. The van der Waals surface area contributed by atoms with E-state index in [-0.39, 0.29) is 11.3 Å². The second kappa shape index (κ2) is 6.74. The molecular formula is C11H11BrN2O5. The van der Waals surface area contributed by atoms with Gasteiger partial charge >= 0.3 is 12.0 Å². The summed E-state index contributed by atoms with van der Waals surface area (Å²) in [7, 11) is 1.36. The van der Waals surface area contributed by atoms with Gasteiger partial charge in [0.1, 0.15) is 11.3 Å². The van der Waals surface area contributed by atoms with Crippen LogP contribution in [0.4, 0.5) is 4.79 Å². The average molecular weight is 331 g/mol. The van der Waals surface area contributed by atoms with E-state index < -0.39 is 24.5 Å². The van der Waals surface area contributed by atoms with Crippen molar-refractivity contribution in [3.8, 4) is 5.75 Å². The lowest BCUT2D eigenvalue weighted by Crippen LogP contribution is -2.40. The molecule has 0 saturated carbocycles. The zero-order valence-corrected chi connectivity index (χ0v) is 11.5. The number of benzene rings is 1. The zero-order chi connectivity index (χ0) is 14.4. The summed E-state index contributed by atoms with van der Waals surface area (Å²) < 4.78 is 5.64. The Morgan fingerprint density at radius 1 is 1.37 bits per heavy atom. The topological polar surface area (TPSA) is 105 Å². The lowest BCUT2D eigenvalue weighted by Gasteiger charge is -2.09. The first-order valence-corrected chi connectivity index (χ1v) is 5.90. The maximum absolute atomic E-state index is 11.3. The summed E-state index contributed by atoms with van der Waals surface area (Å²) in [5.41, 5.74) is -0.0814. The van der Waals surface area contributed by atoms with Crippen molar-refractivity contribution in [3.05, 3.63) is 28.2 Å². The zero-order valence-electron chi connectivity index (χ0n) is 9.90. The standard InChI is InChI=1S/C11H11BrN2O5/c1-13-11(18)14-9(15)5-19-8-3-2-6(12)4-7(8)10(16)17/h2-4H,5H2,1H3,(H,16,17)(H2,13,14,15,18). The highest BCUT2D eigenvalue weighted by Gasteiger charge is 2.14. The molecular weight excluding hydrogens is 320 g/mol. The van der Waals surface area contributed by atoms with E-state index in [4.69, 9.17) is 9.84 Å². The van der Waals surface area contributed by atoms with Crippen LogP contribution < -0.4 is 15.4 Å². The van der Waals surface area contributed by atoms with Crippen LogP contribution in [0.25, 0.3) is 0 Å². The van der Waals surface area contributed by atoms with Gasteiger partial charge in [0.05, 0.1) is 0 Å². The van der Waals surface area contributed by atoms with Crippen LogP contribution >= 0.6 is 15.9 Å². The highest BCUT2D eigenvalue weighted by Crippen LogP contribution is 2.23. The molecule has 0 aliphatic rings. The highest BCUT2D eigenvalue weighted by atomic mass is 79.9. The summed E-state index contributed by atoms with van der Waals surface area (Å²) in [4.78, 5) is 33.1. The first-order valence-electron chi connectivity index (χ1n) is 5.11. The molecule has 0 aliphatic heterocycles. The van der Waals surface area contributed by atoms with Crippen LogP contribution in [0.1, 0.15) is 10.4 Å². The van der Waals surface area contributed by atoms with Crippen molar-refractivity contribution in [1.29, 1.82) is 0 Å². The molecule has 0 aromatic heterocycles. The number of imide groups is 1. The number of carbonyl (C=O) groups excluding carboxylic acids is 2. The maximum atomic E-state index is 11.3. The van der Waals surface area contributed by atoms with Crippen LogP contribution in [0.3, 0.4) is 0 Å². The Hall–Kier alpha value is -2.09. The van der Waals surface area contributed by atoms with Gasteiger partial charge in [0.15, 0.2) is 6.61 Å². The normalized spacial score (nSPS) is 9.58. The second-order valence-corrected chi connectivity index (χ2v) is 4.28. The summed E-state index contributed by atoms with van der Waals surface area (Å²) in [5.74, 6) is -1.82. The van der Waals surface area contributed by atoms with Gasteiger partial charge in [0.2, 0.25) is 0 Å². The highest BCUT2D eigenvalue weighted by molar-refractivity contribution is 9.10. The first kappa shape index (κ1) is 15.0. The van der Waals surface area contributed by atoms with Crippen LogP contribution in [0.15, 0.2) is 22.7 Å². The van der Waals surface area contributed by atoms with Crippen molar-refractivity contribution >= 4 is 33.8 Å². The number of urea groups is 1. The fourth-order valence-corrected chi connectivity index (χ4v) is 1.52. The Labute approximate surface area is 117 Å². The Balaban J connectivity index is 2.70. The molecule has 1 aromatic carbocycles. The SMILES string of the molecule is CNC(=O)NC(=O)COc1ccc(Br)cc1C(=O)O. The van der Waals surface area contributed by atoms with Gasteiger partial charge in [-0.2, -0.15) is 0 Å². The third-order valence-corrected chi connectivity index (χ3v) is 2.50. The molecule has 0 unspecified atom stereocenters. The number of rotatable bonds is 4. The van der Waals surface area contributed by atoms with E-state index in [1.54, 1.807) is 6.07 Å². The molecule has 102 valence electrons. The van der Waals surface area contributed by atoms with E-state index in [9.17, 15) is 14.4 Å². The minimum absolute atomic E-state index is 0.0442. The van der Waals surface area contributed by atoms with Gasteiger partial charge in [-0.3, -0.25) is 10.1 Å². The van der Waals surface area contributed by atoms with Crippen LogP contribution in [0.2, 0.25) is 0 Å². The minimum atomic E-state index is -1.18. The smallest absolute Gasteiger partial charge is 0.339 e. The molecule has 8 heteroatoms. The van der Waals surface area contributed by atoms with Gasteiger partial charge in [-0.25, -0.2) is 9.59 Å². The van der Waals surface area contributed by atoms with Crippen molar-refractivity contribution in [3.63, 3.8) is 0 Å². The van der Waals surface area contributed by atoms with Gasteiger partial charge in [-0.15, -0.1) is 0 Å². The summed E-state index contributed by atoms with van der Waals surface area (Å²) in [6.07, 6.45) is 0. The van der Waals surface area contributed by atoms with Crippen molar-refractivity contribution in [2.24, 2.45) is 0 Å². The van der Waals surface area contributed by atoms with E-state index in [1.165, 1.54) is 19.2 Å². The summed E-state index contributed by atoms with van der Waals surface area (Å²) in [6.45, 7) is -0.463. The number of ether oxygens (including phenoxy) is 1. The molecule has 0 atom stereocenters. The van der Waals surface area contributed by atoms with Crippen LogP contribution in [0, 0.1) is 0 Å². The number of carbonyl (C=O) groups is 3. The molecule has 0 fully saturated rings. The number of halogens is 1. The van der Waals surface area contributed by atoms with Gasteiger partial charge in [-0.05, 0) is 18.2 Å². The van der Waals surface area contributed by atoms with Gasteiger partial charge in [0.25, 0.3) is 5.91 Å². The number of carboxylic acids is 1. The molecule has 0 spiro atoms. The van der Waals surface area contributed by atoms with Crippen molar-refractivity contribution in [1.82, 2.24) is 10.6 Å². The molecule has 0 radical (unpaired) electrons. The van der Waals surface area contributed by atoms with Crippen LogP contribution in [-0.2, 0) is 4.79 Å². The molecule has 3 amide bonds. The Morgan fingerprint density at radius 3 is 2.63 bits per heavy atom. The number of hydrogen-bond acceptors (Lipinski definition) is 4. The predicted octanol–water partition coefficient (Wildman–Crippen LogP) is 0.982. The molecule has 1 rings (SSSR count). The summed E-state index contributed by atoms with van der Waals surface area (Å²) >= 11 is 3.14.